The zero-order valence-corrected chi connectivity index (χ0v) is 13.6. The van der Waals surface area contributed by atoms with Gasteiger partial charge in [0.2, 0.25) is 5.76 Å². The third kappa shape index (κ3) is 2.29. The molecule has 0 N–H and O–H groups in total. The van der Waals surface area contributed by atoms with Crippen LogP contribution in [-0.4, -0.2) is 11.1 Å². The number of hydrogen-bond donors (Lipinski definition) is 0. The molecule has 4 fully saturated rings. The molecular weight excluding hydrogens is 306 g/mol. The van der Waals surface area contributed by atoms with Crippen molar-refractivity contribution >= 4 is 5.97 Å². The van der Waals surface area contributed by atoms with E-state index in [2.05, 4.69) is 5.16 Å². The summed E-state index contributed by atoms with van der Waals surface area (Å²) < 4.78 is 16.2. The van der Waals surface area contributed by atoms with Crippen LogP contribution in [0.5, 0.6) is 0 Å². The molecule has 0 unspecified atom stereocenters. The molecule has 0 aromatic carbocycles. The van der Waals surface area contributed by atoms with Gasteiger partial charge in [-0.25, -0.2) is 0 Å². The quantitative estimate of drug-likeness (QED) is 0.788. The van der Waals surface area contributed by atoms with Crippen molar-refractivity contribution < 1.29 is 18.5 Å². The van der Waals surface area contributed by atoms with Gasteiger partial charge in [0.1, 0.15) is 12.3 Å². The molecule has 0 atom stereocenters. The van der Waals surface area contributed by atoms with Gasteiger partial charge in [-0.2, -0.15) is 0 Å². The van der Waals surface area contributed by atoms with Crippen LogP contribution in [0.3, 0.4) is 0 Å². The maximum absolute atomic E-state index is 12.8. The van der Waals surface area contributed by atoms with Crippen molar-refractivity contribution in [3.05, 3.63) is 30.2 Å². The minimum Gasteiger partial charge on any atom is -0.461 e. The van der Waals surface area contributed by atoms with E-state index in [1.807, 2.05) is 6.07 Å². The fraction of sp³-hybridized carbons (Fsp3) is 0.579. The zero-order valence-electron chi connectivity index (χ0n) is 13.6. The predicted octanol–water partition coefficient (Wildman–Crippen LogP) is 4.19. The highest BCUT2D eigenvalue weighted by Crippen LogP contribution is 2.60. The van der Waals surface area contributed by atoms with Gasteiger partial charge in [-0.3, -0.25) is 4.79 Å². The maximum Gasteiger partial charge on any atom is 0.312 e. The monoisotopic (exact) mass is 327 g/mol. The summed E-state index contributed by atoms with van der Waals surface area (Å²) in [6, 6.07) is 5.38. The van der Waals surface area contributed by atoms with E-state index in [1.165, 1.54) is 19.3 Å². The van der Waals surface area contributed by atoms with E-state index in [0.29, 0.717) is 17.2 Å². The summed E-state index contributed by atoms with van der Waals surface area (Å²) in [6.45, 7) is 0.171. The molecule has 5 heteroatoms. The Morgan fingerprint density at radius 1 is 1.17 bits per heavy atom. The minimum absolute atomic E-state index is 0.0239. The molecule has 24 heavy (non-hydrogen) atoms. The summed E-state index contributed by atoms with van der Waals surface area (Å²) in [5.74, 6) is 3.37. The van der Waals surface area contributed by atoms with Crippen molar-refractivity contribution in [2.24, 2.45) is 23.2 Å². The van der Waals surface area contributed by atoms with Crippen molar-refractivity contribution in [1.82, 2.24) is 5.16 Å². The van der Waals surface area contributed by atoms with Gasteiger partial charge in [-0.15, -0.1) is 0 Å². The smallest absolute Gasteiger partial charge is 0.312 e. The first-order valence-corrected chi connectivity index (χ1v) is 8.87. The summed E-state index contributed by atoms with van der Waals surface area (Å²) in [5.41, 5.74) is 0.405. The third-order valence-corrected chi connectivity index (χ3v) is 6.15. The summed E-state index contributed by atoms with van der Waals surface area (Å²) >= 11 is 0. The first-order valence-electron chi connectivity index (χ1n) is 8.87. The second-order valence-corrected chi connectivity index (χ2v) is 7.93. The van der Waals surface area contributed by atoms with E-state index >= 15 is 0 Å². The molecule has 6 rings (SSSR count). The lowest BCUT2D eigenvalue weighted by atomic mass is 9.49. The second kappa shape index (κ2) is 5.23. The molecule has 0 amide bonds. The van der Waals surface area contributed by atoms with E-state index in [9.17, 15) is 4.79 Å². The first kappa shape index (κ1) is 14.3. The number of hydrogen-bond acceptors (Lipinski definition) is 5. The van der Waals surface area contributed by atoms with Crippen molar-refractivity contribution in [1.29, 1.82) is 0 Å². The van der Waals surface area contributed by atoms with Crippen LogP contribution in [0.25, 0.3) is 11.5 Å². The molecule has 2 heterocycles. The predicted molar refractivity (Wildman–Crippen MR) is 84.6 cm³/mol. The Kier molecular flexibility index (Phi) is 3.12. The molecule has 2 aromatic heterocycles. The Bertz CT molecular complexity index is 710. The van der Waals surface area contributed by atoms with Crippen molar-refractivity contribution in [3.63, 3.8) is 0 Å². The Morgan fingerprint density at radius 2 is 1.88 bits per heavy atom. The van der Waals surface area contributed by atoms with Gasteiger partial charge in [0.05, 0.1) is 11.7 Å². The van der Waals surface area contributed by atoms with Crippen molar-refractivity contribution in [2.75, 3.05) is 0 Å². The van der Waals surface area contributed by atoms with Crippen molar-refractivity contribution in [3.8, 4) is 11.5 Å². The van der Waals surface area contributed by atoms with E-state index in [4.69, 9.17) is 13.7 Å². The van der Waals surface area contributed by atoms with Crippen LogP contribution in [0.1, 0.15) is 44.2 Å². The van der Waals surface area contributed by atoms with Gasteiger partial charge < -0.3 is 13.7 Å². The molecule has 0 spiro atoms. The standard InChI is InChI=1S/C19H21NO4/c21-18(19-8-12-4-13(9-19)6-14(5-12)10-19)23-11-15-7-17(24-20-15)16-2-1-3-22-16/h1-3,7,12-14H,4-6,8-11H2. The molecule has 0 saturated heterocycles. The van der Waals surface area contributed by atoms with E-state index in [1.54, 1.807) is 18.4 Å². The lowest BCUT2D eigenvalue weighted by molar-refractivity contribution is -0.173. The van der Waals surface area contributed by atoms with Gasteiger partial charge in [0.25, 0.3) is 0 Å². The van der Waals surface area contributed by atoms with Gasteiger partial charge >= 0.3 is 5.97 Å². The van der Waals surface area contributed by atoms with Gasteiger partial charge in [-0.05, 0) is 68.4 Å². The summed E-state index contributed by atoms with van der Waals surface area (Å²) in [5, 5.41) is 3.98. The minimum atomic E-state index is -0.220. The summed E-state index contributed by atoms with van der Waals surface area (Å²) in [4.78, 5) is 12.8. The van der Waals surface area contributed by atoms with Crippen LogP contribution in [0, 0.1) is 23.2 Å². The number of carbonyl (C=O) groups is 1. The van der Waals surface area contributed by atoms with Crippen LogP contribution >= 0.6 is 0 Å². The lowest BCUT2D eigenvalue weighted by Gasteiger charge is -2.55. The molecule has 0 radical (unpaired) electrons. The van der Waals surface area contributed by atoms with E-state index < -0.39 is 0 Å². The summed E-state index contributed by atoms with van der Waals surface area (Å²) in [7, 11) is 0. The molecular formula is C19H21NO4. The SMILES string of the molecule is O=C(OCc1cc(-c2ccco2)on1)C12CC3CC(CC(C3)C1)C2. The van der Waals surface area contributed by atoms with Crippen LogP contribution in [0.2, 0.25) is 0 Å². The Morgan fingerprint density at radius 3 is 2.50 bits per heavy atom. The molecule has 5 nitrogen and oxygen atoms in total. The average Bonchev–Trinajstić information content (AvgIpc) is 3.22. The Hall–Kier alpha value is -2.04. The molecule has 4 aliphatic rings. The van der Waals surface area contributed by atoms with Crippen LogP contribution in [-0.2, 0) is 16.1 Å². The lowest BCUT2D eigenvalue weighted by Crippen LogP contribution is -2.50. The zero-order chi connectivity index (χ0) is 16.1. The number of furan rings is 1. The number of nitrogens with zero attached hydrogens (tertiary/aromatic N) is 1. The number of rotatable bonds is 4. The molecule has 2 aromatic rings. The highest BCUT2D eigenvalue weighted by atomic mass is 16.5. The normalized spacial score (nSPS) is 33.8. The van der Waals surface area contributed by atoms with Gasteiger partial charge in [0, 0.05) is 6.07 Å². The third-order valence-electron chi connectivity index (χ3n) is 6.15. The van der Waals surface area contributed by atoms with Crippen LogP contribution in [0.15, 0.2) is 33.4 Å². The molecule has 4 aliphatic carbocycles. The topological polar surface area (TPSA) is 65.5 Å². The second-order valence-electron chi connectivity index (χ2n) is 7.93. The van der Waals surface area contributed by atoms with Crippen molar-refractivity contribution in [2.45, 2.75) is 45.1 Å². The number of carbonyl (C=O) groups excluding carboxylic acids is 1. The molecule has 126 valence electrons. The van der Waals surface area contributed by atoms with Gasteiger partial charge in [-0.1, -0.05) is 5.16 Å². The molecule has 4 bridgehead atoms. The first-order chi connectivity index (χ1) is 11.7. The Labute approximate surface area is 140 Å². The highest BCUT2D eigenvalue weighted by molar-refractivity contribution is 5.77. The van der Waals surface area contributed by atoms with Gasteiger partial charge in [0.15, 0.2) is 5.76 Å². The number of ether oxygens (including phenoxy) is 1. The average molecular weight is 327 g/mol. The maximum atomic E-state index is 12.8. The number of aromatic nitrogens is 1. The fourth-order valence-electron chi connectivity index (χ4n) is 5.57. The van der Waals surface area contributed by atoms with E-state index in [-0.39, 0.29) is 18.0 Å². The van der Waals surface area contributed by atoms with E-state index in [0.717, 1.165) is 37.0 Å². The summed E-state index contributed by atoms with van der Waals surface area (Å²) in [6.07, 6.45) is 8.62. The number of esters is 1. The fourth-order valence-corrected chi connectivity index (χ4v) is 5.57. The van der Waals surface area contributed by atoms with Crippen LogP contribution < -0.4 is 0 Å². The highest BCUT2D eigenvalue weighted by Gasteiger charge is 2.55. The van der Waals surface area contributed by atoms with Crippen LogP contribution in [0.4, 0.5) is 0 Å². The molecule has 0 aliphatic heterocycles. The Balaban J connectivity index is 1.26. The largest absolute Gasteiger partial charge is 0.461 e. The molecule has 4 saturated carbocycles.